The van der Waals surface area contributed by atoms with E-state index in [0.29, 0.717) is 34.2 Å². The Morgan fingerprint density at radius 1 is 1.38 bits per heavy atom. The van der Waals surface area contributed by atoms with Crippen molar-refractivity contribution in [3.05, 3.63) is 28.9 Å². The predicted octanol–water partition coefficient (Wildman–Crippen LogP) is 3.81. The zero-order valence-corrected chi connectivity index (χ0v) is 15.9. The lowest BCUT2D eigenvalue weighted by Crippen LogP contribution is -2.43. The number of ether oxygens (including phenoxy) is 1. The predicted molar refractivity (Wildman–Crippen MR) is 103 cm³/mol. The first-order valence-electron chi connectivity index (χ1n) is 8.97. The van der Waals surface area contributed by atoms with Gasteiger partial charge in [0.25, 0.3) is 0 Å². The van der Waals surface area contributed by atoms with Crippen LogP contribution in [0.2, 0.25) is 5.02 Å². The van der Waals surface area contributed by atoms with E-state index in [1.807, 2.05) is 0 Å². The molecule has 0 radical (unpaired) electrons. The lowest BCUT2D eigenvalue weighted by molar-refractivity contribution is -0.118. The molecule has 1 amide bonds. The van der Waals surface area contributed by atoms with Gasteiger partial charge in [-0.1, -0.05) is 31.0 Å². The second-order valence-corrected chi connectivity index (χ2v) is 7.01. The van der Waals surface area contributed by atoms with Crippen LogP contribution in [0.1, 0.15) is 43.1 Å². The van der Waals surface area contributed by atoms with Crippen LogP contribution in [0.3, 0.4) is 0 Å². The summed E-state index contributed by atoms with van der Waals surface area (Å²) in [4.78, 5) is 30.0. The van der Waals surface area contributed by atoms with E-state index in [1.54, 1.807) is 18.2 Å². The van der Waals surface area contributed by atoms with Crippen LogP contribution in [0.15, 0.2) is 18.2 Å². The summed E-state index contributed by atoms with van der Waals surface area (Å²) in [6.45, 7) is 3.37. The number of piperidine rings is 1. The molecule has 0 unspecified atom stereocenters. The third kappa shape index (κ3) is 3.71. The molecule has 2 heterocycles. The SMILES string of the molecule is CC[C@@H]1CCCCN1CC(=O)Nc1c(C(=O)OC)[nH]c2cccc(Cl)c12. The van der Waals surface area contributed by atoms with Crippen molar-refractivity contribution in [3.8, 4) is 0 Å². The van der Waals surface area contributed by atoms with E-state index in [0.717, 1.165) is 25.8 Å². The number of benzene rings is 1. The number of amides is 1. The van der Waals surface area contributed by atoms with Gasteiger partial charge in [0.1, 0.15) is 5.69 Å². The summed E-state index contributed by atoms with van der Waals surface area (Å²) in [5.41, 5.74) is 1.26. The number of carbonyl (C=O) groups excluding carboxylic acids is 2. The summed E-state index contributed by atoms with van der Waals surface area (Å²) in [7, 11) is 1.31. The van der Waals surface area contributed by atoms with Crippen LogP contribution in [0.5, 0.6) is 0 Å². The molecule has 2 N–H and O–H groups in total. The van der Waals surface area contributed by atoms with E-state index in [1.165, 1.54) is 13.5 Å². The molecule has 1 aromatic carbocycles. The van der Waals surface area contributed by atoms with E-state index in [9.17, 15) is 9.59 Å². The Hall–Kier alpha value is -2.05. The molecule has 3 rings (SSSR count). The maximum Gasteiger partial charge on any atom is 0.356 e. The molecule has 1 aromatic heterocycles. The Balaban J connectivity index is 1.87. The summed E-state index contributed by atoms with van der Waals surface area (Å²) < 4.78 is 4.84. The highest BCUT2D eigenvalue weighted by atomic mass is 35.5. The van der Waals surface area contributed by atoms with Crippen LogP contribution in [0, 0.1) is 0 Å². The van der Waals surface area contributed by atoms with Gasteiger partial charge in [-0.3, -0.25) is 9.69 Å². The second-order valence-electron chi connectivity index (χ2n) is 6.61. The molecule has 1 atom stereocenters. The summed E-state index contributed by atoms with van der Waals surface area (Å²) in [5, 5.41) is 3.97. The third-order valence-electron chi connectivity index (χ3n) is 4.99. The van der Waals surface area contributed by atoms with Crippen molar-refractivity contribution >= 4 is 40.1 Å². The minimum atomic E-state index is -0.544. The topological polar surface area (TPSA) is 74.4 Å². The molecule has 2 aromatic rings. The molecule has 0 spiro atoms. The van der Waals surface area contributed by atoms with Gasteiger partial charge in [-0.05, 0) is 37.9 Å². The maximum atomic E-state index is 12.7. The highest BCUT2D eigenvalue weighted by molar-refractivity contribution is 6.37. The zero-order valence-electron chi connectivity index (χ0n) is 15.1. The van der Waals surface area contributed by atoms with E-state index < -0.39 is 5.97 Å². The number of esters is 1. The van der Waals surface area contributed by atoms with E-state index >= 15 is 0 Å². The van der Waals surface area contributed by atoms with Gasteiger partial charge in [-0.2, -0.15) is 0 Å². The molecule has 140 valence electrons. The molecule has 0 bridgehead atoms. The minimum absolute atomic E-state index is 0.156. The van der Waals surface area contributed by atoms with Gasteiger partial charge in [0.2, 0.25) is 5.91 Å². The van der Waals surface area contributed by atoms with Crippen LogP contribution in [-0.4, -0.2) is 48.0 Å². The van der Waals surface area contributed by atoms with Gasteiger partial charge in [0, 0.05) is 16.9 Å². The Morgan fingerprint density at radius 2 is 2.19 bits per heavy atom. The standard InChI is InChI=1S/C19H24ClN3O3/c1-3-12-7-4-5-10-23(12)11-15(24)22-17-16-13(20)8-6-9-14(16)21-18(17)19(25)26-2/h6,8-9,12,21H,3-5,7,10-11H2,1-2H3,(H,22,24)/t12-/m1/s1. The number of hydrogen-bond acceptors (Lipinski definition) is 4. The molecule has 0 saturated carbocycles. The van der Waals surface area contributed by atoms with Crippen LogP contribution in [0.25, 0.3) is 10.9 Å². The number of rotatable bonds is 5. The maximum absolute atomic E-state index is 12.7. The number of likely N-dealkylation sites (tertiary alicyclic amines) is 1. The number of aromatic nitrogens is 1. The fourth-order valence-electron chi connectivity index (χ4n) is 3.68. The molecular formula is C19H24ClN3O3. The molecule has 1 aliphatic heterocycles. The molecule has 1 aliphatic rings. The fraction of sp³-hybridized carbons (Fsp3) is 0.474. The summed E-state index contributed by atoms with van der Waals surface area (Å²) >= 11 is 6.31. The van der Waals surface area contributed by atoms with Crippen molar-refractivity contribution in [3.63, 3.8) is 0 Å². The van der Waals surface area contributed by atoms with Gasteiger partial charge in [-0.15, -0.1) is 0 Å². The highest BCUT2D eigenvalue weighted by Crippen LogP contribution is 2.34. The molecule has 7 heteroatoms. The summed E-state index contributed by atoms with van der Waals surface area (Å²) in [6.07, 6.45) is 4.47. The van der Waals surface area contributed by atoms with Crippen molar-refractivity contribution in [2.24, 2.45) is 0 Å². The minimum Gasteiger partial charge on any atom is -0.464 e. The van der Waals surface area contributed by atoms with E-state index in [2.05, 4.69) is 22.1 Å². The Kier molecular flexibility index (Phi) is 5.84. The number of nitrogens with one attached hydrogen (secondary N) is 2. The Bertz CT molecular complexity index is 818. The Labute approximate surface area is 157 Å². The second kappa shape index (κ2) is 8.10. The first-order chi connectivity index (χ1) is 12.5. The van der Waals surface area contributed by atoms with Crippen molar-refractivity contribution < 1.29 is 14.3 Å². The lowest BCUT2D eigenvalue weighted by atomic mass is 10.00. The molecular weight excluding hydrogens is 354 g/mol. The first-order valence-corrected chi connectivity index (χ1v) is 9.35. The number of anilines is 1. The van der Waals surface area contributed by atoms with Crippen LogP contribution in [0.4, 0.5) is 5.69 Å². The normalized spacial score (nSPS) is 18.0. The van der Waals surface area contributed by atoms with Gasteiger partial charge in [0.05, 0.1) is 24.4 Å². The fourth-order valence-corrected chi connectivity index (χ4v) is 3.95. The van der Waals surface area contributed by atoms with Gasteiger partial charge >= 0.3 is 5.97 Å². The first kappa shape index (κ1) is 18.7. The molecule has 6 nitrogen and oxygen atoms in total. The number of carbonyl (C=O) groups is 2. The Morgan fingerprint density at radius 3 is 2.92 bits per heavy atom. The number of methoxy groups -OCH3 is 1. The molecule has 1 saturated heterocycles. The van der Waals surface area contributed by atoms with Crippen molar-refractivity contribution in [2.75, 3.05) is 25.5 Å². The monoisotopic (exact) mass is 377 g/mol. The number of nitrogens with zero attached hydrogens (tertiary/aromatic N) is 1. The van der Waals surface area contributed by atoms with Crippen molar-refractivity contribution in [1.82, 2.24) is 9.88 Å². The quantitative estimate of drug-likeness (QED) is 0.777. The van der Waals surface area contributed by atoms with Gasteiger partial charge in [0.15, 0.2) is 0 Å². The van der Waals surface area contributed by atoms with E-state index in [-0.39, 0.29) is 11.6 Å². The van der Waals surface area contributed by atoms with Gasteiger partial charge < -0.3 is 15.0 Å². The van der Waals surface area contributed by atoms with Crippen molar-refractivity contribution in [2.45, 2.75) is 38.6 Å². The number of halogens is 1. The molecule has 26 heavy (non-hydrogen) atoms. The van der Waals surface area contributed by atoms with Gasteiger partial charge in [-0.25, -0.2) is 4.79 Å². The number of H-pyrrole nitrogens is 1. The lowest BCUT2D eigenvalue weighted by Gasteiger charge is -2.34. The van der Waals surface area contributed by atoms with Crippen molar-refractivity contribution in [1.29, 1.82) is 0 Å². The molecule has 1 fully saturated rings. The average Bonchev–Trinajstić information content (AvgIpc) is 3.01. The van der Waals surface area contributed by atoms with Crippen LogP contribution >= 0.6 is 11.6 Å². The van der Waals surface area contributed by atoms with Crippen LogP contribution < -0.4 is 5.32 Å². The summed E-state index contributed by atoms with van der Waals surface area (Å²) in [5.74, 6) is -0.701. The highest BCUT2D eigenvalue weighted by Gasteiger charge is 2.25. The summed E-state index contributed by atoms with van der Waals surface area (Å²) in [6, 6.07) is 5.75. The third-order valence-corrected chi connectivity index (χ3v) is 5.31. The molecule has 0 aliphatic carbocycles. The average molecular weight is 378 g/mol. The largest absolute Gasteiger partial charge is 0.464 e. The zero-order chi connectivity index (χ0) is 18.7. The number of hydrogen-bond donors (Lipinski definition) is 2. The smallest absolute Gasteiger partial charge is 0.356 e. The van der Waals surface area contributed by atoms with E-state index in [4.69, 9.17) is 16.3 Å². The van der Waals surface area contributed by atoms with Crippen LogP contribution in [-0.2, 0) is 9.53 Å². The number of aromatic amines is 1. The number of fused-ring (bicyclic) bond motifs is 1.